The summed E-state index contributed by atoms with van der Waals surface area (Å²) in [6, 6.07) is 15.8. The lowest BCUT2D eigenvalue weighted by Gasteiger charge is -2.20. The van der Waals surface area contributed by atoms with Gasteiger partial charge in [-0.1, -0.05) is 18.2 Å². The van der Waals surface area contributed by atoms with Gasteiger partial charge in [-0.05, 0) is 62.4 Å². The second-order valence-corrected chi connectivity index (χ2v) is 7.65. The Morgan fingerprint density at radius 3 is 2.70 bits per heavy atom. The van der Waals surface area contributed by atoms with Crippen LogP contribution in [-0.2, 0) is 19.4 Å². The van der Waals surface area contributed by atoms with Crippen molar-refractivity contribution in [2.45, 2.75) is 39.2 Å². The van der Waals surface area contributed by atoms with Gasteiger partial charge in [0, 0.05) is 23.0 Å². The highest BCUT2D eigenvalue weighted by Gasteiger charge is 2.23. The van der Waals surface area contributed by atoms with E-state index >= 15 is 0 Å². The van der Waals surface area contributed by atoms with Gasteiger partial charge in [-0.2, -0.15) is 14.9 Å². The first-order valence-corrected chi connectivity index (χ1v) is 10.3. The summed E-state index contributed by atoms with van der Waals surface area (Å²) < 4.78 is 1.95. The van der Waals surface area contributed by atoms with Crippen molar-refractivity contribution in [2.24, 2.45) is 0 Å². The molecule has 0 spiro atoms. The van der Waals surface area contributed by atoms with E-state index in [1.54, 1.807) is 0 Å². The van der Waals surface area contributed by atoms with E-state index in [2.05, 4.69) is 16.4 Å². The summed E-state index contributed by atoms with van der Waals surface area (Å²) in [5.74, 6) is 1.02. The Bertz CT molecular complexity index is 1250. The molecular formula is C24H22N6. The fraction of sp³-hybridized carbons (Fsp3) is 0.250. The van der Waals surface area contributed by atoms with Crippen molar-refractivity contribution in [2.75, 3.05) is 5.32 Å². The lowest BCUT2D eigenvalue weighted by molar-refractivity contribution is 0.661. The van der Waals surface area contributed by atoms with Crippen LogP contribution in [0, 0.1) is 18.3 Å². The molecule has 148 valence electrons. The summed E-state index contributed by atoms with van der Waals surface area (Å²) in [6.07, 6.45) is 6.14. The number of nitriles is 1. The molecule has 3 heterocycles. The maximum Gasteiger partial charge on any atom is 0.165 e. The van der Waals surface area contributed by atoms with Crippen molar-refractivity contribution in [3.05, 3.63) is 76.9 Å². The number of hydrogen-bond donors (Lipinski definition) is 1. The highest BCUT2D eigenvalue weighted by atomic mass is 15.3. The minimum absolute atomic E-state index is 0.636. The van der Waals surface area contributed by atoms with Crippen molar-refractivity contribution >= 4 is 11.5 Å². The predicted octanol–water partition coefficient (Wildman–Crippen LogP) is 4.46. The molecule has 0 saturated heterocycles. The molecule has 4 aromatic rings. The van der Waals surface area contributed by atoms with Gasteiger partial charge in [0.2, 0.25) is 0 Å². The van der Waals surface area contributed by atoms with E-state index in [9.17, 15) is 0 Å². The van der Waals surface area contributed by atoms with Crippen LogP contribution in [0.2, 0.25) is 0 Å². The van der Waals surface area contributed by atoms with Crippen molar-refractivity contribution in [1.29, 1.82) is 5.26 Å². The largest absolute Gasteiger partial charge is 0.364 e. The lowest BCUT2D eigenvalue weighted by atomic mass is 9.96. The van der Waals surface area contributed by atoms with Gasteiger partial charge in [-0.3, -0.25) is 4.98 Å². The minimum atomic E-state index is 0.636. The topological polar surface area (TPSA) is 78.9 Å². The first-order valence-electron chi connectivity index (χ1n) is 10.3. The van der Waals surface area contributed by atoms with Crippen LogP contribution < -0.4 is 5.32 Å². The van der Waals surface area contributed by atoms with Crippen molar-refractivity contribution < 1.29 is 0 Å². The molecule has 1 aromatic carbocycles. The van der Waals surface area contributed by atoms with E-state index in [1.165, 1.54) is 12.0 Å². The summed E-state index contributed by atoms with van der Waals surface area (Å²) in [4.78, 5) is 9.49. The number of benzene rings is 1. The van der Waals surface area contributed by atoms with E-state index < -0.39 is 0 Å². The van der Waals surface area contributed by atoms with Crippen molar-refractivity contribution in [3.8, 4) is 17.2 Å². The Kier molecular flexibility index (Phi) is 4.64. The number of anilines is 1. The maximum atomic E-state index is 9.12. The number of fused-ring (bicyclic) bond motifs is 2. The van der Waals surface area contributed by atoms with Crippen LogP contribution >= 0.6 is 0 Å². The van der Waals surface area contributed by atoms with Crippen LogP contribution in [0.4, 0.5) is 5.82 Å². The number of aromatic nitrogens is 4. The summed E-state index contributed by atoms with van der Waals surface area (Å²) in [5.41, 5.74) is 7.90. The number of nitrogens with zero attached hydrogens (tertiary/aromatic N) is 5. The average Bonchev–Trinajstić information content (AvgIpc) is 3.12. The second kappa shape index (κ2) is 7.60. The summed E-state index contributed by atoms with van der Waals surface area (Å²) in [6.45, 7) is 2.65. The number of hydrogen-bond acceptors (Lipinski definition) is 5. The normalized spacial score (nSPS) is 13.1. The molecule has 0 unspecified atom stereocenters. The van der Waals surface area contributed by atoms with Crippen LogP contribution in [-0.4, -0.2) is 19.6 Å². The Labute approximate surface area is 175 Å². The molecule has 0 saturated carbocycles. The van der Waals surface area contributed by atoms with Crippen LogP contribution in [0.1, 0.15) is 41.1 Å². The smallest absolute Gasteiger partial charge is 0.165 e. The first-order chi connectivity index (χ1) is 14.7. The van der Waals surface area contributed by atoms with Crippen molar-refractivity contribution in [3.63, 3.8) is 0 Å². The fourth-order valence-corrected chi connectivity index (χ4v) is 4.21. The Balaban J connectivity index is 1.65. The molecule has 3 aromatic heterocycles. The molecule has 0 amide bonds. The van der Waals surface area contributed by atoms with Gasteiger partial charge in [0.05, 0.1) is 29.6 Å². The molecule has 1 aliphatic carbocycles. The van der Waals surface area contributed by atoms with E-state index in [-0.39, 0.29) is 0 Å². The predicted molar refractivity (Wildman–Crippen MR) is 116 cm³/mol. The number of aryl methyl sites for hydroxylation is 2. The molecule has 0 aliphatic heterocycles. The van der Waals surface area contributed by atoms with Crippen LogP contribution in [0.5, 0.6) is 0 Å². The molecular weight excluding hydrogens is 372 g/mol. The minimum Gasteiger partial charge on any atom is -0.364 e. The molecule has 1 aliphatic rings. The van der Waals surface area contributed by atoms with Gasteiger partial charge in [0.25, 0.3) is 0 Å². The fourth-order valence-electron chi connectivity index (χ4n) is 4.21. The third-order valence-electron chi connectivity index (χ3n) is 5.68. The van der Waals surface area contributed by atoms with E-state index in [0.29, 0.717) is 12.1 Å². The summed E-state index contributed by atoms with van der Waals surface area (Å²) >= 11 is 0. The standard InChI is InChI=1S/C24H22N6/c1-16-22(18-11-9-17(14-25)10-12-18)24-28-21-8-3-2-7-20(21)23(30(24)29-16)27-15-19-6-4-5-13-26-19/h4-6,9-13,27H,2-3,7-8,15H2,1H3. The highest BCUT2D eigenvalue weighted by molar-refractivity contribution is 5.81. The summed E-state index contributed by atoms with van der Waals surface area (Å²) in [7, 11) is 0. The molecule has 5 rings (SSSR count). The van der Waals surface area contributed by atoms with Gasteiger partial charge in [0.15, 0.2) is 5.65 Å². The van der Waals surface area contributed by atoms with Gasteiger partial charge >= 0.3 is 0 Å². The quantitative estimate of drug-likeness (QED) is 0.553. The Hall–Kier alpha value is -3.72. The lowest BCUT2D eigenvalue weighted by Crippen LogP contribution is -2.15. The van der Waals surface area contributed by atoms with E-state index in [0.717, 1.165) is 58.9 Å². The van der Waals surface area contributed by atoms with E-state index in [4.69, 9.17) is 15.3 Å². The third-order valence-corrected chi connectivity index (χ3v) is 5.68. The van der Waals surface area contributed by atoms with Crippen LogP contribution in [0.25, 0.3) is 16.8 Å². The average molecular weight is 394 g/mol. The zero-order valence-corrected chi connectivity index (χ0v) is 16.9. The van der Waals surface area contributed by atoms with Gasteiger partial charge in [-0.15, -0.1) is 0 Å². The zero-order valence-electron chi connectivity index (χ0n) is 16.9. The monoisotopic (exact) mass is 394 g/mol. The van der Waals surface area contributed by atoms with Crippen LogP contribution in [0.15, 0.2) is 48.7 Å². The second-order valence-electron chi connectivity index (χ2n) is 7.65. The van der Waals surface area contributed by atoms with Crippen molar-refractivity contribution in [1.82, 2.24) is 19.6 Å². The molecule has 30 heavy (non-hydrogen) atoms. The first kappa shape index (κ1) is 18.3. The maximum absolute atomic E-state index is 9.12. The molecule has 0 atom stereocenters. The zero-order chi connectivity index (χ0) is 20.5. The number of pyridine rings is 1. The van der Waals surface area contributed by atoms with Gasteiger partial charge in [0.1, 0.15) is 5.82 Å². The van der Waals surface area contributed by atoms with Gasteiger partial charge in [-0.25, -0.2) is 4.98 Å². The molecule has 6 nitrogen and oxygen atoms in total. The molecule has 1 N–H and O–H groups in total. The van der Waals surface area contributed by atoms with E-state index in [1.807, 2.05) is 60.1 Å². The van der Waals surface area contributed by atoms with Gasteiger partial charge < -0.3 is 5.32 Å². The molecule has 6 heteroatoms. The van der Waals surface area contributed by atoms with Crippen LogP contribution in [0.3, 0.4) is 0 Å². The molecule has 0 bridgehead atoms. The number of nitrogens with one attached hydrogen (secondary N) is 1. The Morgan fingerprint density at radius 1 is 1.10 bits per heavy atom. The SMILES string of the molecule is Cc1nn2c(NCc3ccccn3)c3c(nc2c1-c1ccc(C#N)cc1)CCCC3. The molecule has 0 fully saturated rings. The third kappa shape index (κ3) is 3.18. The summed E-state index contributed by atoms with van der Waals surface area (Å²) in [5, 5.41) is 17.6. The Morgan fingerprint density at radius 2 is 1.93 bits per heavy atom. The number of rotatable bonds is 4. The highest BCUT2D eigenvalue weighted by Crippen LogP contribution is 2.34. The molecule has 0 radical (unpaired) electrons.